The Kier molecular flexibility index (Phi) is 4.77. The fraction of sp³-hybridized carbons (Fsp3) is 0.250. The van der Waals surface area contributed by atoms with E-state index >= 15 is 0 Å². The second kappa shape index (κ2) is 6.74. The van der Waals surface area contributed by atoms with Crippen LogP contribution in [-0.4, -0.2) is 26.2 Å². The molecule has 0 atom stereocenters. The van der Waals surface area contributed by atoms with E-state index < -0.39 is 5.97 Å². The minimum absolute atomic E-state index is 0.366. The summed E-state index contributed by atoms with van der Waals surface area (Å²) in [5.74, 6) is 0.582. The number of hydrogen-bond donors (Lipinski definition) is 0. The molecule has 1 fully saturated rings. The number of hydrogen-bond acceptors (Lipinski definition) is 5. The van der Waals surface area contributed by atoms with Crippen LogP contribution in [0.3, 0.4) is 0 Å². The van der Waals surface area contributed by atoms with Crippen molar-refractivity contribution in [2.75, 3.05) is 14.2 Å². The van der Waals surface area contributed by atoms with Crippen LogP contribution in [0.4, 0.5) is 0 Å². The molecule has 1 saturated heterocycles. The molecule has 0 aromatic heterocycles. The third-order valence-electron chi connectivity index (χ3n) is 3.02. The van der Waals surface area contributed by atoms with E-state index in [1.54, 1.807) is 12.1 Å². The zero-order valence-corrected chi connectivity index (χ0v) is 11.9. The lowest BCUT2D eigenvalue weighted by Gasteiger charge is -2.02. The fourth-order valence-electron chi connectivity index (χ4n) is 1.93. The van der Waals surface area contributed by atoms with Crippen LogP contribution in [0.5, 0.6) is 0 Å². The highest BCUT2D eigenvalue weighted by Gasteiger charge is 2.15. The van der Waals surface area contributed by atoms with Crippen molar-refractivity contribution in [1.29, 1.82) is 0 Å². The van der Waals surface area contributed by atoms with E-state index in [0.717, 1.165) is 17.7 Å². The summed E-state index contributed by atoms with van der Waals surface area (Å²) in [6.45, 7) is 0. The molecule has 5 nitrogen and oxygen atoms in total. The van der Waals surface area contributed by atoms with Gasteiger partial charge in [-0.05, 0) is 23.8 Å². The molecule has 1 aliphatic rings. The Bertz CT molecular complexity index is 596. The second-order valence-electron chi connectivity index (χ2n) is 4.46. The first-order chi connectivity index (χ1) is 10.1. The normalized spacial score (nSPS) is 17.6. The van der Waals surface area contributed by atoms with E-state index in [1.807, 2.05) is 18.2 Å². The zero-order chi connectivity index (χ0) is 15.2. The first kappa shape index (κ1) is 14.8. The summed E-state index contributed by atoms with van der Waals surface area (Å²) in [5, 5.41) is 0. The van der Waals surface area contributed by atoms with Crippen molar-refractivity contribution in [3.63, 3.8) is 0 Å². The number of ether oxygens (including phenoxy) is 3. The molecule has 1 aromatic carbocycles. The minimum Gasteiger partial charge on any atom is -0.466 e. The third kappa shape index (κ3) is 3.95. The molecule has 1 heterocycles. The lowest BCUT2D eigenvalue weighted by Crippen LogP contribution is -2.00. The maximum atomic E-state index is 11.3. The zero-order valence-electron chi connectivity index (χ0n) is 11.9. The molecule has 21 heavy (non-hydrogen) atoms. The first-order valence-corrected chi connectivity index (χ1v) is 6.47. The monoisotopic (exact) mass is 288 g/mol. The molecule has 0 amide bonds. The molecule has 0 N–H and O–H groups in total. The number of rotatable bonds is 3. The van der Waals surface area contributed by atoms with E-state index in [-0.39, 0.29) is 5.97 Å². The smallest absolute Gasteiger partial charge is 0.337 e. The lowest BCUT2D eigenvalue weighted by molar-refractivity contribution is -0.135. The van der Waals surface area contributed by atoms with Gasteiger partial charge in [-0.2, -0.15) is 0 Å². The van der Waals surface area contributed by atoms with Gasteiger partial charge in [-0.15, -0.1) is 0 Å². The standard InChI is InChI=1S/C16H16O5/c1-19-15(17)10-14-8-7-13(21-14)9-11-3-5-12(6-4-11)16(18)20-2/h3-6,9-10H,7-8H2,1-2H3/b13-9+,14-10+. The van der Waals surface area contributed by atoms with Gasteiger partial charge in [0.25, 0.3) is 0 Å². The summed E-state index contributed by atoms with van der Waals surface area (Å²) in [5.41, 5.74) is 1.41. The number of methoxy groups -OCH3 is 2. The molecule has 0 saturated carbocycles. The SMILES string of the molecule is COC(=O)/C=C1\CC/C(=C\c2ccc(C(=O)OC)cc2)O1. The van der Waals surface area contributed by atoms with Gasteiger partial charge in [-0.1, -0.05) is 12.1 Å². The average Bonchev–Trinajstić information content (AvgIpc) is 2.94. The summed E-state index contributed by atoms with van der Waals surface area (Å²) >= 11 is 0. The Labute approximate surface area is 122 Å². The molecule has 0 aliphatic carbocycles. The van der Waals surface area contributed by atoms with Crippen LogP contribution in [0.1, 0.15) is 28.8 Å². The van der Waals surface area contributed by atoms with Crippen molar-refractivity contribution in [3.8, 4) is 0 Å². The van der Waals surface area contributed by atoms with E-state index in [4.69, 9.17) is 4.74 Å². The molecule has 2 rings (SSSR count). The number of esters is 2. The van der Waals surface area contributed by atoms with Crippen molar-refractivity contribution in [2.45, 2.75) is 12.8 Å². The largest absolute Gasteiger partial charge is 0.466 e. The van der Waals surface area contributed by atoms with Gasteiger partial charge in [-0.3, -0.25) is 0 Å². The maximum absolute atomic E-state index is 11.3. The van der Waals surface area contributed by atoms with Crippen LogP contribution in [0.25, 0.3) is 6.08 Å². The Morgan fingerprint density at radius 2 is 1.71 bits per heavy atom. The number of allylic oxidation sites excluding steroid dienone is 2. The number of carbonyl (C=O) groups excluding carboxylic acids is 2. The van der Waals surface area contributed by atoms with E-state index in [9.17, 15) is 9.59 Å². The molecular formula is C16H16O5. The third-order valence-corrected chi connectivity index (χ3v) is 3.02. The van der Waals surface area contributed by atoms with E-state index in [2.05, 4.69) is 9.47 Å². The van der Waals surface area contributed by atoms with Crippen molar-refractivity contribution in [2.24, 2.45) is 0 Å². The quantitative estimate of drug-likeness (QED) is 0.632. The van der Waals surface area contributed by atoms with Gasteiger partial charge in [-0.25, -0.2) is 9.59 Å². The van der Waals surface area contributed by atoms with Crippen LogP contribution >= 0.6 is 0 Å². The van der Waals surface area contributed by atoms with Gasteiger partial charge in [0.1, 0.15) is 11.5 Å². The Morgan fingerprint density at radius 3 is 2.33 bits per heavy atom. The average molecular weight is 288 g/mol. The lowest BCUT2D eigenvalue weighted by atomic mass is 10.1. The predicted octanol–water partition coefficient (Wildman–Crippen LogP) is 2.68. The van der Waals surface area contributed by atoms with E-state index in [0.29, 0.717) is 17.7 Å². The van der Waals surface area contributed by atoms with Gasteiger partial charge in [0.05, 0.1) is 25.9 Å². The summed E-state index contributed by atoms with van der Waals surface area (Å²) < 4.78 is 14.8. The molecule has 0 radical (unpaired) electrons. The highest BCUT2D eigenvalue weighted by Crippen LogP contribution is 2.28. The van der Waals surface area contributed by atoms with Crippen LogP contribution < -0.4 is 0 Å². The second-order valence-corrected chi connectivity index (χ2v) is 4.46. The van der Waals surface area contributed by atoms with Crippen molar-refractivity contribution >= 4 is 18.0 Å². The van der Waals surface area contributed by atoms with Crippen LogP contribution in [0.2, 0.25) is 0 Å². The van der Waals surface area contributed by atoms with Gasteiger partial charge in [0, 0.05) is 12.8 Å². The number of benzene rings is 1. The molecule has 0 spiro atoms. The molecule has 1 aliphatic heterocycles. The molecule has 1 aromatic rings. The molecule has 0 unspecified atom stereocenters. The summed E-state index contributed by atoms with van der Waals surface area (Å²) in [6.07, 6.45) is 4.61. The van der Waals surface area contributed by atoms with Gasteiger partial charge in [0.15, 0.2) is 0 Å². The highest BCUT2D eigenvalue weighted by atomic mass is 16.5. The van der Waals surface area contributed by atoms with Gasteiger partial charge in [0.2, 0.25) is 0 Å². The molecule has 110 valence electrons. The molecule has 0 bridgehead atoms. The molecule has 5 heteroatoms. The Morgan fingerprint density at radius 1 is 1.05 bits per heavy atom. The number of carbonyl (C=O) groups is 2. The van der Waals surface area contributed by atoms with Crippen molar-refractivity contribution < 1.29 is 23.8 Å². The minimum atomic E-state index is -0.423. The topological polar surface area (TPSA) is 61.8 Å². The summed E-state index contributed by atoms with van der Waals surface area (Å²) in [4.78, 5) is 22.5. The van der Waals surface area contributed by atoms with Gasteiger partial charge < -0.3 is 14.2 Å². The Hall–Kier alpha value is -2.56. The van der Waals surface area contributed by atoms with Crippen LogP contribution in [-0.2, 0) is 19.0 Å². The molecular weight excluding hydrogens is 272 g/mol. The van der Waals surface area contributed by atoms with Crippen molar-refractivity contribution in [1.82, 2.24) is 0 Å². The van der Waals surface area contributed by atoms with Crippen molar-refractivity contribution in [3.05, 3.63) is 53.0 Å². The fourth-order valence-corrected chi connectivity index (χ4v) is 1.93. The maximum Gasteiger partial charge on any atom is 0.337 e. The van der Waals surface area contributed by atoms with E-state index in [1.165, 1.54) is 20.3 Å². The van der Waals surface area contributed by atoms with Crippen LogP contribution in [0, 0.1) is 0 Å². The summed E-state index contributed by atoms with van der Waals surface area (Å²) in [7, 11) is 2.67. The highest BCUT2D eigenvalue weighted by molar-refractivity contribution is 5.89. The Balaban J connectivity index is 2.06. The van der Waals surface area contributed by atoms with Gasteiger partial charge >= 0.3 is 11.9 Å². The first-order valence-electron chi connectivity index (χ1n) is 6.47. The van der Waals surface area contributed by atoms with Crippen LogP contribution in [0.15, 0.2) is 41.9 Å². The summed E-state index contributed by atoms with van der Waals surface area (Å²) in [6, 6.07) is 7.01. The predicted molar refractivity (Wildman–Crippen MR) is 76.2 cm³/mol.